The Morgan fingerprint density at radius 1 is 1.17 bits per heavy atom. The Balaban J connectivity index is 1.42. The Hall–Kier alpha value is -2.71. The number of rotatable bonds is 4. The van der Waals surface area contributed by atoms with Gasteiger partial charge in [-0.25, -0.2) is 14.4 Å². The molecule has 1 amide bonds. The van der Waals surface area contributed by atoms with E-state index >= 15 is 0 Å². The number of pyridine rings is 1. The van der Waals surface area contributed by atoms with Gasteiger partial charge in [-0.2, -0.15) is 0 Å². The number of benzene rings is 1. The Kier molecular flexibility index (Phi) is 5.87. The van der Waals surface area contributed by atoms with E-state index in [0.717, 1.165) is 25.0 Å². The number of halogens is 2. The monoisotopic (exact) mass is 445 g/mol. The van der Waals surface area contributed by atoms with Crippen molar-refractivity contribution >= 4 is 45.5 Å². The summed E-state index contributed by atoms with van der Waals surface area (Å²) in [6.07, 6.45) is 1.13. The Morgan fingerprint density at radius 3 is 2.63 bits per heavy atom. The average molecular weight is 446 g/mol. The second kappa shape index (κ2) is 8.57. The van der Waals surface area contributed by atoms with Crippen LogP contribution in [0, 0.1) is 19.7 Å². The Morgan fingerprint density at radius 2 is 1.93 bits per heavy atom. The summed E-state index contributed by atoms with van der Waals surface area (Å²) in [4.78, 5) is 26.2. The van der Waals surface area contributed by atoms with E-state index in [0.29, 0.717) is 39.6 Å². The zero-order chi connectivity index (χ0) is 21.3. The van der Waals surface area contributed by atoms with E-state index in [4.69, 9.17) is 11.6 Å². The molecule has 30 heavy (non-hydrogen) atoms. The smallest absolute Gasteiger partial charge is 0.266 e. The van der Waals surface area contributed by atoms with Crippen LogP contribution in [0.4, 0.5) is 21.0 Å². The van der Waals surface area contributed by atoms with Crippen LogP contribution in [0.5, 0.6) is 0 Å². The second-order valence-corrected chi connectivity index (χ2v) is 8.57. The highest BCUT2D eigenvalue weighted by atomic mass is 35.5. The molecule has 0 unspecified atom stereocenters. The molecule has 2 aromatic heterocycles. The van der Waals surface area contributed by atoms with Crippen LogP contribution in [0.1, 0.15) is 20.9 Å². The number of anilines is 3. The van der Waals surface area contributed by atoms with E-state index in [1.54, 1.807) is 0 Å². The molecule has 156 valence electrons. The molecule has 1 fully saturated rings. The lowest BCUT2D eigenvalue weighted by atomic mass is 10.1. The maximum absolute atomic E-state index is 13.1. The highest BCUT2D eigenvalue weighted by Gasteiger charge is 2.26. The predicted molar refractivity (Wildman–Crippen MR) is 119 cm³/mol. The average Bonchev–Trinajstić information content (AvgIpc) is 3.11. The van der Waals surface area contributed by atoms with Crippen LogP contribution in [0.15, 0.2) is 36.5 Å². The van der Waals surface area contributed by atoms with E-state index in [1.165, 1.54) is 29.0 Å². The standard InChI is InChI=1S/C21H21ClFN5OS/c1-13-3-4-15(22)11-17(13)27-7-9-28(10-8-27)20(29)19-14(2)25-21(30-19)26-18-6-5-16(23)12-24-18/h3-6,11-12H,7-10H2,1-2H3,(H,24,25,26). The quantitative estimate of drug-likeness (QED) is 0.633. The molecule has 3 heterocycles. The summed E-state index contributed by atoms with van der Waals surface area (Å²) >= 11 is 7.44. The fourth-order valence-corrected chi connectivity index (χ4v) is 4.53. The molecule has 0 spiro atoms. The van der Waals surface area contributed by atoms with Crippen molar-refractivity contribution in [3.05, 3.63) is 63.5 Å². The van der Waals surface area contributed by atoms with E-state index in [1.807, 2.05) is 30.0 Å². The SMILES string of the molecule is Cc1ccc(Cl)cc1N1CCN(C(=O)c2sc(Nc3ccc(F)cn3)nc2C)CC1. The van der Waals surface area contributed by atoms with Crippen LogP contribution < -0.4 is 10.2 Å². The number of thiazole rings is 1. The minimum Gasteiger partial charge on any atom is -0.368 e. The van der Waals surface area contributed by atoms with E-state index in [-0.39, 0.29) is 5.91 Å². The normalized spacial score (nSPS) is 14.1. The molecule has 1 aromatic carbocycles. The third-order valence-electron chi connectivity index (χ3n) is 5.03. The topological polar surface area (TPSA) is 61.4 Å². The molecule has 1 aliphatic heterocycles. The molecule has 6 nitrogen and oxygen atoms in total. The summed E-state index contributed by atoms with van der Waals surface area (Å²) in [5.74, 6) is 0.0566. The minimum atomic E-state index is -0.404. The molecule has 0 bridgehead atoms. The Bertz CT molecular complexity index is 1060. The highest BCUT2D eigenvalue weighted by molar-refractivity contribution is 7.17. The number of carbonyl (C=O) groups excluding carboxylic acids is 1. The maximum atomic E-state index is 13.1. The zero-order valence-electron chi connectivity index (χ0n) is 16.7. The molecule has 1 aliphatic rings. The molecule has 0 saturated carbocycles. The van der Waals surface area contributed by atoms with Gasteiger partial charge in [0.1, 0.15) is 16.5 Å². The highest BCUT2D eigenvalue weighted by Crippen LogP contribution is 2.28. The summed E-state index contributed by atoms with van der Waals surface area (Å²) in [6, 6.07) is 8.73. The van der Waals surface area contributed by atoms with Gasteiger partial charge in [-0.05, 0) is 43.7 Å². The van der Waals surface area contributed by atoms with Gasteiger partial charge < -0.3 is 15.1 Å². The van der Waals surface area contributed by atoms with Crippen molar-refractivity contribution < 1.29 is 9.18 Å². The zero-order valence-corrected chi connectivity index (χ0v) is 18.2. The fraction of sp³-hybridized carbons (Fsp3) is 0.286. The van der Waals surface area contributed by atoms with Gasteiger partial charge in [0, 0.05) is 36.9 Å². The van der Waals surface area contributed by atoms with E-state index in [9.17, 15) is 9.18 Å². The van der Waals surface area contributed by atoms with Crippen LogP contribution in [0.25, 0.3) is 0 Å². The van der Waals surface area contributed by atoms with Gasteiger partial charge in [-0.1, -0.05) is 29.0 Å². The molecular weight excluding hydrogens is 425 g/mol. The number of carbonyl (C=O) groups is 1. The third-order valence-corrected chi connectivity index (χ3v) is 6.33. The van der Waals surface area contributed by atoms with Gasteiger partial charge in [0.05, 0.1) is 11.9 Å². The third kappa shape index (κ3) is 4.39. The number of nitrogens with zero attached hydrogens (tertiary/aromatic N) is 4. The first-order valence-corrected chi connectivity index (χ1v) is 10.8. The molecule has 0 radical (unpaired) electrons. The first-order valence-electron chi connectivity index (χ1n) is 9.57. The van der Waals surface area contributed by atoms with Gasteiger partial charge in [0.2, 0.25) is 0 Å². The van der Waals surface area contributed by atoms with Gasteiger partial charge in [0.15, 0.2) is 5.13 Å². The lowest BCUT2D eigenvalue weighted by molar-refractivity contribution is 0.0750. The number of amides is 1. The van der Waals surface area contributed by atoms with Crippen LogP contribution in [0.2, 0.25) is 5.02 Å². The van der Waals surface area contributed by atoms with Crippen LogP contribution >= 0.6 is 22.9 Å². The van der Waals surface area contributed by atoms with Crippen molar-refractivity contribution in [2.45, 2.75) is 13.8 Å². The van der Waals surface area contributed by atoms with Gasteiger partial charge >= 0.3 is 0 Å². The van der Waals surface area contributed by atoms with Crippen molar-refractivity contribution in [3.8, 4) is 0 Å². The van der Waals surface area contributed by atoms with E-state index in [2.05, 4.69) is 27.1 Å². The number of piperazine rings is 1. The summed E-state index contributed by atoms with van der Waals surface area (Å²) in [6.45, 7) is 6.63. The number of nitrogens with one attached hydrogen (secondary N) is 1. The molecule has 4 rings (SSSR count). The summed E-state index contributed by atoms with van der Waals surface area (Å²) in [7, 11) is 0. The van der Waals surface area contributed by atoms with E-state index < -0.39 is 5.82 Å². The molecule has 0 aliphatic carbocycles. The molecule has 1 N–H and O–H groups in total. The molecule has 1 saturated heterocycles. The van der Waals surface area contributed by atoms with Crippen molar-refractivity contribution in [1.29, 1.82) is 0 Å². The number of hydrogen-bond donors (Lipinski definition) is 1. The molecular formula is C21H21ClFN5OS. The summed E-state index contributed by atoms with van der Waals surface area (Å²) < 4.78 is 13.0. The van der Waals surface area contributed by atoms with Crippen molar-refractivity contribution in [3.63, 3.8) is 0 Å². The summed E-state index contributed by atoms with van der Waals surface area (Å²) in [5.41, 5.74) is 2.95. The first kappa shape index (κ1) is 20.6. The minimum absolute atomic E-state index is 0.0208. The number of hydrogen-bond acceptors (Lipinski definition) is 6. The summed E-state index contributed by atoms with van der Waals surface area (Å²) in [5, 5.41) is 4.30. The van der Waals surface area contributed by atoms with Crippen molar-refractivity contribution in [2.24, 2.45) is 0 Å². The molecule has 3 aromatic rings. The van der Waals surface area contributed by atoms with Gasteiger partial charge in [-0.15, -0.1) is 0 Å². The predicted octanol–water partition coefficient (Wildman–Crippen LogP) is 4.65. The maximum Gasteiger partial charge on any atom is 0.266 e. The first-order chi connectivity index (χ1) is 14.4. The number of aryl methyl sites for hydroxylation is 2. The second-order valence-electron chi connectivity index (χ2n) is 7.13. The van der Waals surface area contributed by atoms with Gasteiger partial charge in [-0.3, -0.25) is 4.79 Å². The van der Waals surface area contributed by atoms with Crippen LogP contribution in [0.3, 0.4) is 0 Å². The van der Waals surface area contributed by atoms with Gasteiger partial charge in [0.25, 0.3) is 5.91 Å². The van der Waals surface area contributed by atoms with Crippen LogP contribution in [-0.4, -0.2) is 47.0 Å². The largest absolute Gasteiger partial charge is 0.368 e. The number of aromatic nitrogens is 2. The lowest BCUT2D eigenvalue weighted by Crippen LogP contribution is -2.49. The fourth-order valence-electron chi connectivity index (χ4n) is 3.42. The van der Waals surface area contributed by atoms with Crippen LogP contribution in [-0.2, 0) is 0 Å². The molecule has 9 heteroatoms. The Labute approximate surface area is 183 Å². The molecule has 0 atom stereocenters. The van der Waals surface area contributed by atoms with Crippen molar-refractivity contribution in [2.75, 3.05) is 36.4 Å². The van der Waals surface area contributed by atoms with Crippen molar-refractivity contribution in [1.82, 2.24) is 14.9 Å². The lowest BCUT2D eigenvalue weighted by Gasteiger charge is -2.36.